The smallest absolute Gasteiger partial charge is 0.296 e. The Morgan fingerprint density at radius 3 is 2.25 bits per heavy atom. The number of fused-ring (bicyclic) bond motifs is 5. The molecule has 0 aromatic rings. The lowest BCUT2D eigenvalue weighted by atomic mass is 9.44. The summed E-state index contributed by atoms with van der Waals surface area (Å²) in [6.45, 7) is 16.3. The molecular formula is C27H46F2O2Si. The van der Waals surface area contributed by atoms with Crippen LogP contribution in [0.25, 0.3) is 0 Å². The summed E-state index contributed by atoms with van der Waals surface area (Å²) in [6, 6.07) is 0. The van der Waals surface area contributed by atoms with Crippen LogP contribution in [0.5, 0.6) is 0 Å². The van der Waals surface area contributed by atoms with Crippen LogP contribution >= 0.6 is 0 Å². The number of ketones is 1. The van der Waals surface area contributed by atoms with E-state index < -0.39 is 26.4 Å². The van der Waals surface area contributed by atoms with Gasteiger partial charge in [0.25, 0.3) is 6.40 Å². The van der Waals surface area contributed by atoms with E-state index in [0.717, 1.165) is 32.1 Å². The molecule has 0 heterocycles. The number of alkyl halides is 2. The van der Waals surface area contributed by atoms with Crippen LogP contribution in [-0.2, 0) is 9.22 Å². The number of carbonyl (C=O) groups excluding carboxylic acids is 1. The Morgan fingerprint density at radius 2 is 1.62 bits per heavy atom. The summed E-state index contributed by atoms with van der Waals surface area (Å²) in [5.41, 5.74) is -0.0480. The van der Waals surface area contributed by atoms with Crippen molar-refractivity contribution in [2.75, 3.05) is 0 Å². The fraction of sp³-hybridized carbons (Fsp3) is 0.963. The molecule has 0 bridgehead atoms. The van der Waals surface area contributed by atoms with E-state index in [-0.39, 0.29) is 10.5 Å². The molecule has 8 atom stereocenters. The van der Waals surface area contributed by atoms with Gasteiger partial charge in [0.05, 0.1) is 0 Å². The number of hydrogen-bond donors (Lipinski definition) is 0. The molecule has 0 saturated heterocycles. The van der Waals surface area contributed by atoms with Crippen molar-refractivity contribution in [1.29, 1.82) is 0 Å². The van der Waals surface area contributed by atoms with E-state index in [9.17, 15) is 13.6 Å². The van der Waals surface area contributed by atoms with E-state index in [4.69, 9.17) is 5.80 Å². The molecule has 4 aliphatic carbocycles. The molecule has 32 heavy (non-hydrogen) atoms. The van der Waals surface area contributed by atoms with Gasteiger partial charge in [-0.3, -0.25) is 4.79 Å². The average molecular weight is 470 g/mol. The van der Waals surface area contributed by atoms with Gasteiger partial charge < -0.3 is 4.43 Å². The van der Waals surface area contributed by atoms with Crippen LogP contribution in [0, 0.1) is 40.4 Å². The van der Waals surface area contributed by atoms with Gasteiger partial charge in [-0.05, 0) is 110 Å². The SMILES string of the molecule is [2H]C(F)(F)C(=O)[C@H]1CC[C@H]2[C@@H]3CC[C@H]4C[C@@H](O[Si](C)(C)C(C)(C)C)CC[C@]4(C)[C@H]3CC[C@]12C. The molecule has 4 saturated carbocycles. The van der Waals surface area contributed by atoms with Crippen LogP contribution in [0.4, 0.5) is 8.78 Å². The monoisotopic (exact) mass is 469 g/mol. The van der Waals surface area contributed by atoms with Crippen LogP contribution in [0.2, 0.25) is 18.1 Å². The van der Waals surface area contributed by atoms with Crippen LogP contribution in [0.15, 0.2) is 0 Å². The molecule has 0 spiro atoms. The Balaban J connectivity index is 1.49. The zero-order valence-electron chi connectivity index (χ0n) is 22.4. The normalized spacial score (nSPS) is 45.5. The van der Waals surface area contributed by atoms with Crippen LogP contribution in [0.1, 0.15) is 93.8 Å². The molecule has 0 amide bonds. The number of rotatable bonds is 4. The Kier molecular flexibility index (Phi) is 5.96. The minimum absolute atomic E-state index is 0.228. The summed E-state index contributed by atoms with van der Waals surface area (Å²) in [5, 5.41) is 0.228. The zero-order valence-corrected chi connectivity index (χ0v) is 22.4. The van der Waals surface area contributed by atoms with Gasteiger partial charge in [0, 0.05) is 12.0 Å². The zero-order chi connectivity index (χ0) is 24.6. The largest absolute Gasteiger partial charge is 0.414 e. The molecule has 0 N–H and O–H groups in total. The molecule has 0 aromatic carbocycles. The van der Waals surface area contributed by atoms with Gasteiger partial charge in [-0.1, -0.05) is 34.6 Å². The first-order chi connectivity index (χ1) is 15.0. The fourth-order valence-corrected chi connectivity index (χ4v) is 9.88. The fourth-order valence-electron chi connectivity index (χ4n) is 8.48. The first-order valence-corrected chi connectivity index (χ1v) is 16.0. The quantitative estimate of drug-likeness (QED) is 0.392. The van der Waals surface area contributed by atoms with E-state index in [1.54, 1.807) is 0 Å². The molecule has 4 rings (SSSR count). The second-order valence-electron chi connectivity index (χ2n) is 13.7. The van der Waals surface area contributed by atoms with Crippen LogP contribution in [0.3, 0.4) is 0 Å². The predicted octanol–water partition coefficient (Wildman–Crippen LogP) is 7.87. The lowest BCUT2D eigenvalue weighted by Crippen LogP contribution is -2.55. The Labute approximate surface area is 197 Å². The van der Waals surface area contributed by atoms with Crippen molar-refractivity contribution in [1.82, 2.24) is 0 Å². The van der Waals surface area contributed by atoms with Crippen molar-refractivity contribution < 1.29 is 19.4 Å². The van der Waals surface area contributed by atoms with Crippen molar-refractivity contribution in [2.24, 2.45) is 40.4 Å². The Morgan fingerprint density at radius 1 is 1.00 bits per heavy atom. The maximum Gasteiger partial charge on any atom is 0.296 e. The lowest BCUT2D eigenvalue weighted by Gasteiger charge is -2.61. The average Bonchev–Trinajstić information content (AvgIpc) is 3.03. The highest BCUT2D eigenvalue weighted by Gasteiger charge is 2.62. The summed E-state index contributed by atoms with van der Waals surface area (Å²) < 4.78 is 41.2. The van der Waals surface area contributed by atoms with Gasteiger partial charge in [0.15, 0.2) is 8.32 Å². The molecule has 0 aromatic heterocycles. The van der Waals surface area contributed by atoms with Crippen molar-refractivity contribution >= 4 is 14.1 Å². The van der Waals surface area contributed by atoms with E-state index in [0.29, 0.717) is 41.6 Å². The van der Waals surface area contributed by atoms with Crippen molar-refractivity contribution in [3.63, 3.8) is 0 Å². The highest BCUT2D eigenvalue weighted by Crippen LogP contribution is 2.67. The first-order valence-electron chi connectivity index (χ1n) is 13.6. The minimum atomic E-state index is -3.95. The molecule has 0 aliphatic heterocycles. The number of halogens is 2. The van der Waals surface area contributed by atoms with Crippen molar-refractivity contribution in [3.05, 3.63) is 0 Å². The second-order valence-corrected chi connectivity index (χ2v) is 18.5. The summed E-state index contributed by atoms with van der Waals surface area (Å²) in [6.07, 6.45) is 5.62. The lowest BCUT2D eigenvalue weighted by molar-refractivity contribution is -0.147. The minimum Gasteiger partial charge on any atom is -0.414 e. The molecule has 4 aliphatic rings. The van der Waals surface area contributed by atoms with E-state index in [2.05, 4.69) is 47.7 Å². The number of Topliss-reactive ketones (excluding diaryl/α,β-unsaturated/α-hetero) is 1. The standard InChI is InChI=1S/C27H46F2O2Si/c1-25(2,3)32(6,7)31-18-12-14-26(4)17(16-18)8-9-19-20-10-11-22(23(30)24(28)29)27(20,5)15-13-21(19)26/h17-22,24H,8-16H2,1-7H3/t17-,18-,19-,20-,21-,22+,26-,27-/m0/s1/i24D. The van der Waals surface area contributed by atoms with E-state index in [1.807, 2.05) is 0 Å². The van der Waals surface area contributed by atoms with E-state index >= 15 is 0 Å². The summed E-state index contributed by atoms with van der Waals surface area (Å²) in [4.78, 5) is 12.5. The van der Waals surface area contributed by atoms with Gasteiger partial charge in [0.1, 0.15) is 1.37 Å². The molecule has 184 valence electrons. The van der Waals surface area contributed by atoms with Gasteiger partial charge in [0.2, 0.25) is 5.78 Å². The number of carbonyl (C=O) groups is 1. The third kappa shape index (κ3) is 3.85. The first kappa shape index (κ1) is 23.4. The van der Waals surface area contributed by atoms with Crippen LogP contribution < -0.4 is 0 Å². The van der Waals surface area contributed by atoms with E-state index in [1.165, 1.54) is 19.3 Å². The van der Waals surface area contributed by atoms with Gasteiger partial charge in [-0.2, -0.15) is 0 Å². The molecule has 4 fully saturated rings. The molecule has 0 radical (unpaired) electrons. The second kappa shape index (κ2) is 8.14. The number of hydrogen-bond acceptors (Lipinski definition) is 2. The van der Waals surface area contributed by atoms with Gasteiger partial charge >= 0.3 is 0 Å². The summed E-state index contributed by atoms with van der Waals surface area (Å²) >= 11 is 0. The summed E-state index contributed by atoms with van der Waals surface area (Å²) in [7, 11) is -1.78. The maximum atomic E-state index is 13.6. The van der Waals surface area contributed by atoms with Crippen LogP contribution in [-0.4, -0.2) is 26.6 Å². The molecule has 5 heteroatoms. The predicted molar refractivity (Wildman–Crippen MR) is 128 cm³/mol. The Bertz CT molecular complexity index is 775. The topological polar surface area (TPSA) is 26.3 Å². The highest BCUT2D eigenvalue weighted by atomic mass is 28.4. The van der Waals surface area contributed by atoms with Gasteiger partial charge in [-0.25, -0.2) is 8.78 Å². The van der Waals surface area contributed by atoms with Crippen molar-refractivity contribution in [3.8, 4) is 0 Å². The molecular weight excluding hydrogens is 422 g/mol. The third-order valence-corrected chi connectivity index (χ3v) is 15.9. The third-order valence-electron chi connectivity index (χ3n) is 11.4. The molecule has 2 nitrogen and oxygen atoms in total. The molecule has 0 unspecified atom stereocenters. The van der Waals surface area contributed by atoms with Gasteiger partial charge in [-0.15, -0.1) is 0 Å². The Hall–Kier alpha value is -0.293. The summed E-state index contributed by atoms with van der Waals surface area (Å²) in [5.74, 6) is 0.437. The maximum absolute atomic E-state index is 13.6. The van der Waals surface area contributed by atoms with Crippen molar-refractivity contribution in [2.45, 2.75) is 123 Å². The highest BCUT2D eigenvalue weighted by molar-refractivity contribution is 6.74.